The van der Waals surface area contributed by atoms with E-state index in [9.17, 15) is 0 Å². The lowest BCUT2D eigenvalue weighted by atomic mass is 10.0. The number of nitrogens with zero attached hydrogens (tertiary/aromatic N) is 2. The van der Waals surface area contributed by atoms with E-state index in [2.05, 4.69) is 59.8 Å². The first-order valence-corrected chi connectivity index (χ1v) is 8.08. The van der Waals surface area contributed by atoms with Crippen molar-refractivity contribution in [1.29, 1.82) is 0 Å². The van der Waals surface area contributed by atoms with Gasteiger partial charge in [0.05, 0.1) is 5.71 Å². The molecule has 0 bridgehead atoms. The molecular weight excluding hydrogens is 290 g/mol. The van der Waals surface area contributed by atoms with Crippen LogP contribution in [0.25, 0.3) is 10.8 Å². The third kappa shape index (κ3) is 4.28. The van der Waals surface area contributed by atoms with Crippen molar-refractivity contribution in [3.8, 4) is 0 Å². The van der Waals surface area contributed by atoms with Gasteiger partial charge < -0.3 is 5.32 Å². The monoisotopic (exact) mass is 313 g/mol. The Kier molecular flexibility index (Phi) is 5.90. The third-order valence-electron chi connectivity index (χ3n) is 3.57. The van der Waals surface area contributed by atoms with E-state index < -0.39 is 0 Å². The van der Waals surface area contributed by atoms with Gasteiger partial charge in [0.25, 0.3) is 0 Å². The van der Waals surface area contributed by atoms with Crippen molar-refractivity contribution in [2.45, 2.75) is 26.7 Å². The van der Waals surface area contributed by atoms with Crippen LogP contribution in [0.5, 0.6) is 0 Å². The van der Waals surface area contributed by atoms with Crippen LogP contribution in [0.4, 0.5) is 0 Å². The van der Waals surface area contributed by atoms with Gasteiger partial charge in [0.1, 0.15) is 0 Å². The minimum absolute atomic E-state index is 0.661. The molecule has 0 fully saturated rings. The molecule has 4 heteroatoms. The Morgan fingerprint density at radius 2 is 1.91 bits per heavy atom. The maximum atomic E-state index is 5.34. The minimum atomic E-state index is 0.661. The zero-order valence-electron chi connectivity index (χ0n) is 13.5. The molecule has 0 heterocycles. The summed E-state index contributed by atoms with van der Waals surface area (Å²) < 4.78 is 0. The molecule has 0 aromatic heterocycles. The summed E-state index contributed by atoms with van der Waals surface area (Å²) in [5, 5.41) is 12.7. The fourth-order valence-corrected chi connectivity index (χ4v) is 2.37. The number of benzene rings is 2. The quantitative estimate of drug-likeness (QED) is 0.388. The predicted octanol–water partition coefficient (Wildman–Crippen LogP) is 4.17. The lowest BCUT2D eigenvalue weighted by Gasteiger charge is -2.17. The van der Waals surface area contributed by atoms with E-state index in [1.807, 2.05) is 14.0 Å². The Morgan fingerprint density at radius 3 is 2.64 bits per heavy atom. The molecule has 0 radical (unpaired) electrons. The van der Waals surface area contributed by atoms with E-state index >= 15 is 0 Å². The maximum absolute atomic E-state index is 5.34. The summed E-state index contributed by atoms with van der Waals surface area (Å²) >= 11 is 5.34. The van der Waals surface area contributed by atoms with Crippen LogP contribution >= 0.6 is 12.2 Å². The lowest BCUT2D eigenvalue weighted by molar-refractivity contribution is 0.527. The Bertz CT molecular complexity index is 679. The molecule has 2 aromatic rings. The molecule has 0 saturated heterocycles. The highest BCUT2D eigenvalue weighted by molar-refractivity contribution is 7.80. The van der Waals surface area contributed by atoms with E-state index in [1.54, 1.807) is 5.01 Å². The summed E-state index contributed by atoms with van der Waals surface area (Å²) in [7, 11) is 1.88. The zero-order chi connectivity index (χ0) is 15.9. The summed E-state index contributed by atoms with van der Waals surface area (Å²) in [5.41, 5.74) is 2.06. The first kappa shape index (κ1) is 16.4. The molecule has 0 spiro atoms. The standard InChI is InChI=1S/C18H23N3S/c1-4-5-12-19-18(22)21(3)20-14(2)16-11-10-15-8-6-7-9-17(15)13-16/h6-11,13H,4-5,12H2,1-3H3,(H,19,22)/b20-14-. The van der Waals surface area contributed by atoms with Crippen molar-refractivity contribution in [3.05, 3.63) is 48.0 Å². The largest absolute Gasteiger partial charge is 0.361 e. The SMILES string of the molecule is CCCCNC(=S)N(C)/N=C(/C)c1ccc2ccccc2c1. The van der Waals surface area contributed by atoms with Gasteiger partial charge in [0.15, 0.2) is 5.11 Å². The van der Waals surface area contributed by atoms with Gasteiger partial charge in [0, 0.05) is 13.6 Å². The third-order valence-corrected chi connectivity index (χ3v) is 3.98. The molecule has 1 N–H and O–H groups in total. The number of hydrogen-bond donors (Lipinski definition) is 1. The van der Waals surface area contributed by atoms with Crippen LogP contribution in [0.2, 0.25) is 0 Å². The Labute approximate surface area is 138 Å². The predicted molar refractivity (Wildman–Crippen MR) is 99.4 cm³/mol. The number of fused-ring (bicyclic) bond motifs is 1. The van der Waals surface area contributed by atoms with Gasteiger partial charge in [-0.2, -0.15) is 5.10 Å². The smallest absolute Gasteiger partial charge is 0.189 e. The Morgan fingerprint density at radius 1 is 1.18 bits per heavy atom. The summed E-state index contributed by atoms with van der Waals surface area (Å²) in [5.74, 6) is 0. The van der Waals surface area contributed by atoms with Crippen molar-refractivity contribution in [3.63, 3.8) is 0 Å². The van der Waals surface area contributed by atoms with Crippen LogP contribution in [0.1, 0.15) is 32.3 Å². The van der Waals surface area contributed by atoms with Crippen LogP contribution in [0, 0.1) is 0 Å². The first-order valence-electron chi connectivity index (χ1n) is 7.67. The lowest BCUT2D eigenvalue weighted by Crippen LogP contribution is -2.34. The van der Waals surface area contributed by atoms with E-state index in [0.717, 1.165) is 30.7 Å². The molecular formula is C18H23N3S. The fourth-order valence-electron chi connectivity index (χ4n) is 2.23. The molecule has 0 aliphatic rings. The molecule has 0 atom stereocenters. The number of rotatable bonds is 5. The highest BCUT2D eigenvalue weighted by Gasteiger charge is 2.04. The number of hydrogen-bond acceptors (Lipinski definition) is 2. The number of unbranched alkanes of at least 4 members (excludes halogenated alkanes) is 1. The van der Waals surface area contributed by atoms with Crippen LogP contribution < -0.4 is 5.32 Å². The van der Waals surface area contributed by atoms with Crippen LogP contribution in [-0.4, -0.2) is 29.4 Å². The van der Waals surface area contributed by atoms with E-state index in [0.29, 0.717) is 5.11 Å². The molecule has 2 rings (SSSR count). The van der Waals surface area contributed by atoms with E-state index in [4.69, 9.17) is 12.2 Å². The van der Waals surface area contributed by atoms with Crippen molar-refractivity contribution in [2.75, 3.05) is 13.6 Å². The molecule has 2 aromatic carbocycles. The number of thiocarbonyl (C=S) groups is 1. The number of nitrogens with one attached hydrogen (secondary N) is 1. The van der Waals surface area contributed by atoms with E-state index in [1.165, 1.54) is 10.8 Å². The molecule has 116 valence electrons. The van der Waals surface area contributed by atoms with E-state index in [-0.39, 0.29) is 0 Å². The molecule has 0 amide bonds. The molecule has 0 saturated carbocycles. The number of hydrazone groups is 1. The molecule has 3 nitrogen and oxygen atoms in total. The van der Waals surface area contributed by atoms with Gasteiger partial charge in [-0.25, -0.2) is 5.01 Å². The second-order valence-corrected chi connectivity index (χ2v) is 5.74. The highest BCUT2D eigenvalue weighted by Crippen LogP contribution is 2.16. The zero-order valence-corrected chi connectivity index (χ0v) is 14.3. The normalized spacial score (nSPS) is 11.5. The van der Waals surface area contributed by atoms with Gasteiger partial charge in [-0.1, -0.05) is 49.7 Å². The summed E-state index contributed by atoms with van der Waals surface area (Å²) in [4.78, 5) is 0. The van der Waals surface area contributed by atoms with Gasteiger partial charge in [-0.15, -0.1) is 0 Å². The maximum Gasteiger partial charge on any atom is 0.189 e. The molecule has 22 heavy (non-hydrogen) atoms. The molecule has 0 aliphatic heterocycles. The molecule has 0 aliphatic carbocycles. The Balaban J connectivity index is 2.10. The second kappa shape index (κ2) is 7.90. The van der Waals surface area contributed by atoms with Gasteiger partial charge in [0.2, 0.25) is 0 Å². The first-order chi connectivity index (χ1) is 10.6. The summed E-state index contributed by atoms with van der Waals surface area (Å²) in [6.45, 7) is 5.07. The van der Waals surface area contributed by atoms with Crippen LogP contribution in [0.3, 0.4) is 0 Å². The topological polar surface area (TPSA) is 27.6 Å². The summed E-state index contributed by atoms with van der Waals surface area (Å²) in [6.07, 6.45) is 2.26. The van der Waals surface area contributed by atoms with Gasteiger partial charge >= 0.3 is 0 Å². The average Bonchev–Trinajstić information content (AvgIpc) is 2.54. The minimum Gasteiger partial charge on any atom is -0.361 e. The summed E-state index contributed by atoms with van der Waals surface area (Å²) in [6, 6.07) is 14.7. The van der Waals surface area contributed by atoms with Gasteiger partial charge in [-0.05, 0) is 48.0 Å². The second-order valence-electron chi connectivity index (χ2n) is 5.36. The highest BCUT2D eigenvalue weighted by atomic mass is 32.1. The van der Waals surface area contributed by atoms with Crippen molar-refractivity contribution >= 4 is 33.8 Å². The van der Waals surface area contributed by atoms with Crippen molar-refractivity contribution < 1.29 is 0 Å². The van der Waals surface area contributed by atoms with Crippen molar-refractivity contribution in [1.82, 2.24) is 10.3 Å². The van der Waals surface area contributed by atoms with Crippen molar-refractivity contribution in [2.24, 2.45) is 5.10 Å². The van der Waals surface area contributed by atoms with Crippen LogP contribution in [0.15, 0.2) is 47.6 Å². The van der Waals surface area contributed by atoms with Crippen LogP contribution in [-0.2, 0) is 0 Å². The Hall–Kier alpha value is -1.94. The average molecular weight is 313 g/mol. The molecule has 0 unspecified atom stereocenters. The fraction of sp³-hybridized carbons (Fsp3) is 0.333. The van der Waals surface area contributed by atoms with Gasteiger partial charge in [-0.3, -0.25) is 0 Å².